The van der Waals surface area contributed by atoms with Gasteiger partial charge < -0.3 is 0 Å². The van der Waals surface area contributed by atoms with Crippen LogP contribution < -0.4 is 0 Å². The van der Waals surface area contributed by atoms with Gasteiger partial charge in [-0.2, -0.15) is 0 Å². The zero-order chi connectivity index (χ0) is 18.3. The molecule has 0 N–H and O–H groups in total. The topological polar surface area (TPSA) is 0 Å². The van der Waals surface area contributed by atoms with Crippen molar-refractivity contribution in [2.45, 2.75) is 46.5 Å². The molecule has 0 saturated carbocycles. The molecule has 0 bridgehead atoms. The van der Waals surface area contributed by atoms with Gasteiger partial charge in [-0.3, -0.25) is 0 Å². The molecule has 0 unspecified atom stereocenters. The summed E-state index contributed by atoms with van der Waals surface area (Å²) in [6.07, 6.45) is 2.31. The normalized spacial score (nSPS) is 9.48. The first-order valence-electron chi connectivity index (χ1n) is 9.30. The maximum Gasteiger partial charge on any atom is -0.0219 e. The summed E-state index contributed by atoms with van der Waals surface area (Å²) in [6, 6.07) is 31.2. The zero-order valence-corrected chi connectivity index (χ0v) is 16.2. The average molecular weight is 333 g/mol. The highest BCUT2D eigenvalue weighted by Crippen LogP contribution is 2.11. The molecule has 0 radical (unpaired) electrons. The van der Waals surface area contributed by atoms with Crippen molar-refractivity contribution in [1.82, 2.24) is 0 Å². The SMILES string of the molecule is CC(C)c1ccccc1.CCc1ccccc1CC.c1ccccc1. The van der Waals surface area contributed by atoms with E-state index in [0.717, 1.165) is 12.8 Å². The fraction of sp³-hybridized carbons (Fsp3) is 0.280. The maximum atomic E-state index is 2.21. The molecule has 132 valence electrons. The third-order valence-corrected chi connectivity index (χ3v) is 4.01. The minimum atomic E-state index is 0.659. The maximum absolute atomic E-state index is 2.21. The van der Waals surface area contributed by atoms with Crippen LogP contribution in [-0.2, 0) is 12.8 Å². The summed E-state index contributed by atoms with van der Waals surface area (Å²) >= 11 is 0. The smallest absolute Gasteiger partial charge is 0.0219 e. The van der Waals surface area contributed by atoms with E-state index in [1.165, 1.54) is 16.7 Å². The van der Waals surface area contributed by atoms with Crippen LogP contribution in [0.2, 0.25) is 0 Å². The van der Waals surface area contributed by atoms with Gasteiger partial charge in [-0.15, -0.1) is 0 Å². The third kappa shape index (κ3) is 8.91. The highest BCUT2D eigenvalue weighted by Gasteiger charge is 1.94. The summed E-state index contributed by atoms with van der Waals surface area (Å²) < 4.78 is 0. The van der Waals surface area contributed by atoms with Crippen molar-refractivity contribution < 1.29 is 0 Å². The number of rotatable bonds is 3. The Labute approximate surface area is 154 Å². The molecule has 25 heavy (non-hydrogen) atoms. The largest absolute Gasteiger partial charge is 0.0623 e. The van der Waals surface area contributed by atoms with Gasteiger partial charge in [0.2, 0.25) is 0 Å². The van der Waals surface area contributed by atoms with Crippen LogP contribution in [-0.4, -0.2) is 0 Å². The van der Waals surface area contributed by atoms with Gasteiger partial charge in [0.15, 0.2) is 0 Å². The Morgan fingerprint density at radius 2 is 0.840 bits per heavy atom. The molecule has 0 nitrogen and oxygen atoms in total. The Hall–Kier alpha value is -2.34. The van der Waals surface area contributed by atoms with Crippen LogP contribution in [0.3, 0.4) is 0 Å². The summed E-state index contributed by atoms with van der Waals surface area (Å²) in [5, 5.41) is 0. The first-order valence-corrected chi connectivity index (χ1v) is 9.30. The van der Waals surface area contributed by atoms with Crippen LogP contribution >= 0.6 is 0 Å². The highest BCUT2D eigenvalue weighted by atomic mass is 14.0. The molecule has 3 rings (SSSR count). The summed E-state index contributed by atoms with van der Waals surface area (Å²) in [7, 11) is 0. The van der Waals surface area contributed by atoms with Crippen molar-refractivity contribution >= 4 is 0 Å². The Kier molecular flexibility index (Phi) is 10.8. The Balaban J connectivity index is 0.000000193. The van der Waals surface area contributed by atoms with Gasteiger partial charge in [-0.25, -0.2) is 0 Å². The van der Waals surface area contributed by atoms with E-state index in [2.05, 4.69) is 76.2 Å². The van der Waals surface area contributed by atoms with E-state index < -0.39 is 0 Å². The fourth-order valence-corrected chi connectivity index (χ4v) is 2.47. The van der Waals surface area contributed by atoms with Gasteiger partial charge in [0, 0.05) is 0 Å². The minimum Gasteiger partial charge on any atom is -0.0623 e. The summed E-state index contributed by atoms with van der Waals surface area (Å²) in [6.45, 7) is 8.81. The van der Waals surface area contributed by atoms with E-state index in [9.17, 15) is 0 Å². The van der Waals surface area contributed by atoms with Gasteiger partial charge in [-0.05, 0) is 35.4 Å². The summed E-state index contributed by atoms with van der Waals surface area (Å²) in [4.78, 5) is 0. The molecule has 0 fully saturated rings. The number of aryl methyl sites for hydroxylation is 2. The molecule has 0 aliphatic heterocycles. The lowest BCUT2D eigenvalue weighted by Gasteiger charge is -2.02. The van der Waals surface area contributed by atoms with Crippen LogP contribution in [0.5, 0.6) is 0 Å². The molecule has 0 heteroatoms. The van der Waals surface area contributed by atoms with Crippen molar-refractivity contribution in [2.75, 3.05) is 0 Å². The molecule has 0 aliphatic carbocycles. The Morgan fingerprint density at radius 3 is 1.12 bits per heavy atom. The summed E-state index contributed by atoms with van der Waals surface area (Å²) in [5.41, 5.74) is 4.40. The Morgan fingerprint density at radius 1 is 0.520 bits per heavy atom. The molecule has 0 spiro atoms. The fourth-order valence-electron chi connectivity index (χ4n) is 2.47. The van der Waals surface area contributed by atoms with Gasteiger partial charge in [0.25, 0.3) is 0 Å². The minimum absolute atomic E-state index is 0.659. The third-order valence-electron chi connectivity index (χ3n) is 4.01. The van der Waals surface area contributed by atoms with E-state index >= 15 is 0 Å². The highest BCUT2D eigenvalue weighted by molar-refractivity contribution is 5.26. The molecular formula is C25H32. The molecule has 3 aromatic carbocycles. The van der Waals surface area contributed by atoms with E-state index in [1.807, 2.05) is 42.5 Å². The molecule has 0 atom stereocenters. The van der Waals surface area contributed by atoms with Crippen LogP contribution in [0.15, 0.2) is 91.0 Å². The number of hydrogen-bond acceptors (Lipinski definition) is 0. The number of benzene rings is 3. The lowest BCUT2D eigenvalue weighted by atomic mass is 10.0. The molecule has 0 saturated heterocycles. The molecule has 0 amide bonds. The molecule has 0 aliphatic rings. The first-order chi connectivity index (χ1) is 12.2. The second kappa shape index (κ2) is 13.0. The predicted octanol–water partition coefficient (Wildman–Crippen LogP) is 7.31. The molecule has 0 aromatic heterocycles. The van der Waals surface area contributed by atoms with E-state index in [1.54, 1.807) is 0 Å². The Bertz CT molecular complexity index is 604. The quantitative estimate of drug-likeness (QED) is 0.471. The van der Waals surface area contributed by atoms with Gasteiger partial charge in [0.05, 0.1) is 0 Å². The van der Waals surface area contributed by atoms with Crippen molar-refractivity contribution in [2.24, 2.45) is 0 Å². The standard InChI is InChI=1S/C10H14.C9H12.C6H6/c1-3-9-7-5-6-8-10(9)4-2;1-8(2)9-6-4-3-5-7-9;1-2-4-6-5-3-1/h5-8H,3-4H2,1-2H3;3-8H,1-2H3;1-6H. The van der Waals surface area contributed by atoms with Crippen LogP contribution in [0.25, 0.3) is 0 Å². The lowest BCUT2D eigenvalue weighted by Crippen LogP contribution is -1.88. The van der Waals surface area contributed by atoms with Gasteiger partial charge in [0.1, 0.15) is 0 Å². The monoisotopic (exact) mass is 332 g/mol. The predicted molar refractivity (Wildman–Crippen MR) is 112 cm³/mol. The van der Waals surface area contributed by atoms with Crippen LogP contribution in [0.4, 0.5) is 0 Å². The number of hydrogen-bond donors (Lipinski definition) is 0. The van der Waals surface area contributed by atoms with Gasteiger partial charge >= 0.3 is 0 Å². The van der Waals surface area contributed by atoms with Crippen molar-refractivity contribution in [3.05, 3.63) is 108 Å². The summed E-state index contributed by atoms with van der Waals surface area (Å²) in [5.74, 6) is 0.659. The lowest BCUT2D eigenvalue weighted by molar-refractivity contribution is 0.867. The molecule has 0 heterocycles. The van der Waals surface area contributed by atoms with Gasteiger partial charge in [-0.1, -0.05) is 119 Å². The van der Waals surface area contributed by atoms with E-state index in [-0.39, 0.29) is 0 Å². The van der Waals surface area contributed by atoms with E-state index in [4.69, 9.17) is 0 Å². The zero-order valence-electron chi connectivity index (χ0n) is 16.2. The second-order valence-electron chi connectivity index (χ2n) is 6.20. The molecule has 3 aromatic rings. The second-order valence-corrected chi connectivity index (χ2v) is 6.20. The van der Waals surface area contributed by atoms with E-state index in [0.29, 0.717) is 5.92 Å². The van der Waals surface area contributed by atoms with Crippen LogP contribution in [0.1, 0.15) is 50.3 Å². The van der Waals surface area contributed by atoms with Crippen molar-refractivity contribution in [3.8, 4) is 0 Å². The first kappa shape index (κ1) is 20.7. The van der Waals surface area contributed by atoms with Crippen LogP contribution in [0, 0.1) is 0 Å². The average Bonchev–Trinajstić information content (AvgIpc) is 2.71. The van der Waals surface area contributed by atoms with Crippen molar-refractivity contribution in [3.63, 3.8) is 0 Å². The van der Waals surface area contributed by atoms with Crippen molar-refractivity contribution in [1.29, 1.82) is 0 Å². The molecular weight excluding hydrogens is 300 g/mol.